The third kappa shape index (κ3) is 3.73. The van der Waals surface area contributed by atoms with E-state index >= 15 is 0 Å². The largest absolute Gasteiger partial charge is 0.250 e. The summed E-state index contributed by atoms with van der Waals surface area (Å²) in [5.74, 6) is 0. The number of hydrogen-bond donors (Lipinski definition) is 0. The van der Waals surface area contributed by atoms with Crippen molar-refractivity contribution in [2.45, 2.75) is 26.2 Å². The maximum Gasteiger partial charge on any atom is 0.245 e. The van der Waals surface area contributed by atoms with E-state index in [1.807, 2.05) is 12.2 Å². The van der Waals surface area contributed by atoms with Crippen molar-refractivity contribution in [2.24, 2.45) is 0 Å². The standard InChI is InChI=1S/C27H27N5/c1-3-16-29-20-31(26-14-7-5-12-24(26)29)18-22-10-9-11-23(28-22)19-32-21-30(17-4-2)25-13-6-8-15-27(25)32/h3-15,20-21H,1-2,16-19H2/q+2. The zero-order valence-corrected chi connectivity index (χ0v) is 18.1. The third-order valence-corrected chi connectivity index (χ3v) is 5.74. The first-order valence-corrected chi connectivity index (χ1v) is 10.9. The van der Waals surface area contributed by atoms with Crippen LogP contribution in [-0.2, 0) is 26.2 Å². The molecule has 32 heavy (non-hydrogen) atoms. The molecule has 0 amide bonds. The fraction of sp³-hybridized carbons (Fsp3) is 0.148. The first kappa shape index (κ1) is 19.9. The maximum atomic E-state index is 4.99. The van der Waals surface area contributed by atoms with Crippen LogP contribution in [0.4, 0.5) is 0 Å². The summed E-state index contributed by atoms with van der Waals surface area (Å²) in [7, 11) is 0. The molecule has 3 heterocycles. The fourth-order valence-corrected chi connectivity index (χ4v) is 4.36. The van der Waals surface area contributed by atoms with Gasteiger partial charge in [0.05, 0.1) is 11.4 Å². The van der Waals surface area contributed by atoms with Gasteiger partial charge in [-0.3, -0.25) is 0 Å². The molecule has 158 valence electrons. The number of benzene rings is 2. The van der Waals surface area contributed by atoms with E-state index in [0.717, 1.165) is 37.6 Å². The number of imidazole rings is 2. The Morgan fingerprint density at radius 2 is 1.12 bits per heavy atom. The van der Waals surface area contributed by atoms with Crippen LogP contribution in [0.15, 0.2) is 105 Å². The first-order chi connectivity index (χ1) is 15.8. The van der Waals surface area contributed by atoms with E-state index in [1.165, 1.54) is 22.1 Å². The Morgan fingerprint density at radius 1 is 0.656 bits per heavy atom. The molecule has 0 unspecified atom stereocenters. The molecule has 0 saturated carbocycles. The molecule has 0 spiro atoms. The van der Waals surface area contributed by atoms with Crippen LogP contribution in [0, 0.1) is 0 Å². The van der Waals surface area contributed by atoms with Crippen molar-refractivity contribution < 1.29 is 9.13 Å². The molecule has 0 aliphatic heterocycles. The lowest BCUT2D eigenvalue weighted by Gasteiger charge is -2.03. The predicted octanol–water partition coefficient (Wildman–Crippen LogP) is 4.03. The van der Waals surface area contributed by atoms with Crippen LogP contribution in [-0.4, -0.2) is 14.1 Å². The molecule has 0 atom stereocenters. The molecular formula is C27H27N5+2. The van der Waals surface area contributed by atoms with Gasteiger partial charge in [-0.15, -0.1) is 0 Å². The van der Waals surface area contributed by atoms with E-state index in [1.54, 1.807) is 0 Å². The van der Waals surface area contributed by atoms with Gasteiger partial charge in [0.1, 0.15) is 26.2 Å². The molecule has 0 saturated heterocycles. The van der Waals surface area contributed by atoms with Crippen LogP contribution in [0.1, 0.15) is 11.4 Å². The Hall–Kier alpha value is -3.99. The molecule has 0 bridgehead atoms. The molecule has 5 nitrogen and oxygen atoms in total. The highest BCUT2D eigenvalue weighted by Crippen LogP contribution is 2.13. The van der Waals surface area contributed by atoms with E-state index < -0.39 is 0 Å². The number of para-hydroxylation sites is 4. The zero-order chi connectivity index (χ0) is 21.9. The van der Waals surface area contributed by atoms with Crippen molar-refractivity contribution in [3.8, 4) is 0 Å². The van der Waals surface area contributed by atoms with E-state index in [0.29, 0.717) is 0 Å². The third-order valence-electron chi connectivity index (χ3n) is 5.74. The fourth-order valence-electron chi connectivity index (χ4n) is 4.36. The number of aromatic nitrogens is 5. The van der Waals surface area contributed by atoms with Crippen LogP contribution in [0.25, 0.3) is 22.1 Å². The Kier molecular flexibility index (Phi) is 5.38. The van der Waals surface area contributed by atoms with Gasteiger partial charge in [0.25, 0.3) is 0 Å². The second kappa shape index (κ2) is 8.63. The lowest BCUT2D eigenvalue weighted by molar-refractivity contribution is -0.665. The number of fused-ring (bicyclic) bond motifs is 2. The number of pyridine rings is 1. The molecule has 0 N–H and O–H groups in total. The number of nitrogens with zero attached hydrogens (tertiary/aromatic N) is 5. The lowest BCUT2D eigenvalue weighted by Crippen LogP contribution is -2.35. The van der Waals surface area contributed by atoms with Crippen molar-refractivity contribution in [2.75, 3.05) is 0 Å². The summed E-state index contributed by atoms with van der Waals surface area (Å²) in [5.41, 5.74) is 6.89. The van der Waals surface area contributed by atoms with Crippen molar-refractivity contribution in [1.29, 1.82) is 0 Å². The summed E-state index contributed by atoms with van der Waals surface area (Å²) >= 11 is 0. The molecular weight excluding hydrogens is 394 g/mol. The number of allylic oxidation sites excluding steroid dienone is 2. The normalized spacial score (nSPS) is 11.2. The van der Waals surface area contributed by atoms with Crippen molar-refractivity contribution >= 4 is 22.1 Å². The van der Waals surface area contributed by atoms with Crippen molar-refractivity contribution in [3.63, 3.8) is 0 Å². The van der Waals surface area contributed by atoms with Gasteiger partial charge in [0.15, 0.2) is 22.1 Å². The molecule has 3 aromatic heterocycles. The maximum absolute atomic E-state index is 4.99. The highest BCUT2D eigenvalue weighted by molar-refractivity contribution is 5.72. The van der Waals surface area contributed by atoms with Gasteiger partial charge in [0, 0.05) is 0 Å². The van der Waals surface area contributed by atoms with Gasteiger partial charge in [0.2, 0.25) is 12.7 Å². The van der Waals surface area contributed by atoms with Crippen LogP contribution in [0.2, 0.25) is 0 Å². The topological polar surface area (TPSA) is 30.5 Å². The number of hydrogen-bond acceptors (Lipinski definition) is 1. The summed E-state index contributed by atoms with van der Waals surface area (Å²) in [6.07, 6.45) is 8.15. The average molecular weight is 422 g/mol. The smallest absolute Gasteiger partial charge is 0.245 e. The van der Waals surface area contributed by atoms with Crippen LogP contribution < -0.4 is 9.13 Å². The Balaban J connectivity index is 1.45. The molecule has 5 heteroatoms. The van der Waals surface area contributed by atoms with Gasteiger partial charge in [-0.25, -0.2) is 23.3 Å². The minimum atomic E-state index is 0.724. The average Bonchev–Trinajstić information content (AvgIpc) is 3.33. The quantitative estimate of drug-likeness (QED) is 0.275. The zero-order valence-electron chi connectivity index (χ0n) is 18.1. The van der Waals surface area contributed by atoms with Gasteiger partial charge in [-0.2, -0.15) is 0 Å². The van der Waals surface area contributed by atoms with E-state index in [2.05, 4.69) is 111 Å². The second-order valence-electron chi connectivity index (χ2n) is 7.97. The van der Waals surface area contributed by atoms with Gasteiger partial charge in [-0.05, 0) is 36.4 Å². The molecule has 5 rings (SSSR count). The van der Waals surface area contributed by atoms with Gasteiger partial charge < -0.3 is 0 Å². The minimum absolute atomic E-state index is 0.724. The minimum Gasteiger partial charge on any atom is -0.250 e. The summed E-state index contributed by atoms with van der Waals surface area (Å²) in [4.78, 5) is 4.99. The highest BCUT2D eigenvalue weighted by atomic mass is 15.1. The first-order valence-electron chi connectivity index (χ1n) is 10.9. The summed E-state index contributed by atoms with van der Waals surface area (Å²) in [6, 6.07) is 23.2. The van der Waals surface area contributed by atoms with Crippen LogP contribution in [0.5, 0.6) is 0 Å². The van der Waals surface area contributed by atoms with Crippen LogP contribution >= 0.6 is 0 Å². The van der Waals surface area contributed by atoms with E-state index in [-0.39, 0.29) is 0 Å². The molecule has 2 aromatic carbocycles. The highest BCUT2D eigenvalue weighted by Gasteiger charge is 2.17. The molecule has 0 aliphatic rings. The SMILES string of the molecule is C=CCn1c[n+](Cc2cccc(C[n+]3cn(CC=C)c4ccccc43)n2)c2ccccc21. The van der Waals surface area contributed by atoms with Crippen LogP contribution in [0.3, 0.4) is 0 Å². The summed E-state index contributed by atoms with van der Waals surface area (Å²) in [6.45, 7) is 10.8. The van der Waals surface area contributed by atoms with Gasteiger partial charge >= 0.3 is 0 Å². The Morgan fingerprint density at radius 3 is 1.59 bits per heavy atom. The predicted molar refractivity (Wildman–Crippen MR) is 127 cm³/mol. The Labute approximate surface area is 187 Å². The van der Waals surface area contributed by atoms with Gasteiger partial charge in [-0.1, -0.05) is 55.6 Å². The molecule has 0 radical (unpaired) electrons. The van der Waals surface area contributed by atoms with Crippen molar-refractivity contribution in [3.05, 3.63) is 116 Å². The molecule has 5 aromatic rings. The number of rotatable bonds is 8. The lowest BCUT2D eigenvalue weighted by atomic mass is 10.2. The molecule has 0 aliphatic carbocycles. The summed E-state index contributed by atoms with van der Waals surface area (Å²) < 4.78 is 8.95. The van der Waals surface area contributed by atoms with Crippen molar-refractivity contribution in [1.82, 2.24) is 14.1 Å². The molecule has 0 fully saturated rings. The second-order valence-corrected chi connectivity index (χ2v) is 7.97. The van der Waals surface area contributed by atoms with E-state index in [4.69, 9.17) is 4.98 Å². The Bertz CT molecular complexity index is 1320. The van der Waals surface area contributed by atoms with E-state index in [9.17, 15) is 0 Å². The summed E-state index contributed by atoms with van der Waals surface area (Å²) in [5, 5.41) is 0. The monoisotopic (exact) mass is 421 g/mol.